The number of hydrogen-bond donors (Lipinski definition) is 0. The van der Waals surface area contributed by atoms with Gasteiger partial charge in [0.15, 0.2) is 0 Å². The number of rotatable bonds is 3. The van der Waals surface area contributed by atoms with Crippen molar-refractivity contribution in [3.8, 4) is 11.3 Å². The molecule has 0 spiro atoms. The van der Waals surface area contributed by atoms with Gasteiger partial charge in [0, 0.05) is 11.8 Å². The molecule has 0 saturated carbocycles. The van der Waals surface area contributed by atoms with Crippen LogP contribution >= 0.6 is 0 Å². The Morgan fingerprint density at radius 2 is 1.81 bits per heavy atom. The Bertz CT molecular complexity index is 678. The first kappa shape index (κ1) is 14.1. The molecule has 3 rings (SSSR count). The van der Waals surface area contributed by atoms with E-state index < -0.39 is 0 Å². The number of allylic oxidation sites excluding steroid dienone is 1. The zero-order chi connectivity index (χ0) is 15.0. The fourth-order valence-corrected chi connectivity index (χ4v) is 2.95. The fourth-order valence-electron chi connectivity index (χ4n) is 2.95. The number of fused-ring (bicyclic) bond motifs is 1. The maximum absolute atomic E-state index is 4.57. The topological polar surface area (TPSA) is 12.9 Å². The minimum Gasteiger partial charge on any atom is -0.256 e. The van der Waals surface area contributed by atoms with E-state index in [1.807, 2.05) is 12.3 Å². The van der Waals surface area contributed by atoms with Crippen LogP contribution in [-0.4, -0.2) is 4.98 Å². The quantitative estimate of drug-likeness (QED) is 0.725. The molecule has 1 aliphatic rings. The third-order valence-electron chi connectivity index (χ3n) is 4.36. The van der Waals surface area contributed by atoms with Crippen molar-refractivity contribution >= 4 is 6.08 Å². The molecule has 108 valence electrons. The Morgan fingerprint density at radius 1 is 1.00 bits per heavy atom. The molecule has 0 amide bonds. The van der Waals surface area contributed by atoms with Gasteiger partial charge in [0.1, 0.15) is 0 Å². The summed E-state index contributed by atoms with van der Waals surface area (Å²) in [6, 6.07) is 10.9. The lowest BCUT2D eigenvalue weighted by Crippen LogP contribution is -1.97. The van der Waals surface area contributed by atoms with Gasteiger partial charge in [0.25, 0.3) is 0 Å². The molecule has 1 aliphatic carbocycles. The molecule has 2 aromatic rings. The van der Waals surface area contributed by atoms with Gasteiger partial charge < -0.3 is 0 Å². The van der Waals surface area contributed by atoms with Crippen LogP contribution in [0.2, 0.25) is 0 Å². The highest BCUT2D eigenvalue weighted by molar-refractivity contribution is 5.80. The van der Waals surface area contributed by atoms with Crippen LogP contribution in [0.4, 0.5) is 0 Å². The summed E-state index contributed by atoms with van der Waals surface area (Å²) in [5.74, 6) is 1.15. The minimum atomic E-state index is 0.542. The highest BCUT2D eigenvalue weighted by Crippen LogP contribution is 2.38. The molecular formula is C20H23N. The molecule has 1 nitrogen and oxygen atoms in total. The van der Waals surface area contributed by atoms with Crippen molar-refractivity contribution in [2.45, 2.75) is 40.0 Å². The van der Waals surface area contributed by atoms with Crippen LogP contribution in [-0.2, 0) is 6.42 Å². The van der Waals surface area contributed by atoms with Gasteiger partial charge in [-0.3, -0.25) is 4.98 Å². The lowest BCUT2D eigenvalue weighted by atomic mass is 9.92. The summed E-state index contributed by atoms with van der Waals surface area (Å²) in [7, 11) is 0. The van der Waals surface area contributed by atoms with Gasteiger partial charge in [-0.15, -0.1) is 0 Å². The Hall–Kier alpha value is -1.89. The number of pyridine rings is 1. The SMILES string of the molecule is CC(C)C1=Cc2c(cc(C(C)C)cc2-c2ccccn2)C1. The minimum absolute atomic E-state index is 0.542. The predicted molar refractivity (Wildman–Crippen MR) is 90.3 cm³/mol. The van der Waals surface area contributed by atoms with Gasteiger partial charge >= 0.3 is 0 Å². The van der Waals surface area contributed by atoms with Gasteiger partial charge in [-0.2, -0.15) is 0 Å². The summed E-state index contributed by atoms with van der Waals surface area (Å²) in [5, 5.41) is 0. The Morgan fingerprint density at radius 3 is 2.43 bits per heavy atom. The van der Waals surface area contributed by atoms with Crippen molar-refractivity contribution in [1.29, 1.82) is 0 Å². The third kappa shape index (κ3) is 2.65. The first-order valence-electron chi connectivity index (χ1n) is 7.85. The summed E-state index contributed by atoms with van der Waals surface area (Å²) in [4.78, 5) is 4.57. The normalized spacial score (nSPS) is 13.7. The molecule has 0 N–H and O–H groups in total. The molecule has 1 heteroatoms. The smallest absolute Gasteiger partial charge is 0.0708 e. The van der Waals surface area contributed by atoms with E-state index in [1.54, 1.807) is 0 Å². The number of nitrogens with zero attached hydrogens (tertiary/aromatic N) is 1. The predicted octanol–water partition coefficient (Wildman–Crippen LogP) is 5.47. The second kappa shape index (κ2) is 5.48. The van der Waals surface area contributed by atoms with E-state index in [0.29, 0.717) is 11.8 Å². The van der Waals surface area contributed by atoms with Gasteiger partial charge in [-0.25, -0.2) is 0 Å². The van der Waals surface area contributed by atoms with Crippen molar-refractivity contribution < 1.29 is 0 Å². The third-order valence-corrected chi connectivity index (χ3v) is 4.36. The molecule has 1 heterocycles. The van der Waals surface area contributed by atoms with Crippen molar-refractivity contribution in [2.24, 2.45) is 5.92 Å². The van der Waals surface area contributed by atoms with Crippen LogP contribution in [0.1, 0.15) is 50.3 Å². The highest BCUT2D eigenvalue weighted by atomic mass is 14.7. The highest BCUT2D eigenvalue weighted by Gasteiger charge is 2.20. The second-order valence-corrected chi connectivity index (χ2v) is 6.56. The van der Waals surface area contributed by atoms with Crippen molar-refractivity contribution in [1.82, 2.24) is 4.98 Å². The van der Waals surface area contributed by atoms with Crippen LogP contribution < -0.4 is 0 Å². The van der Waals surface area contributed by atoms with Crippen molar-refractivity contribution in [2.75, 3.05) is 0 Å². The molecule has 21 heavy (non-hydrogen) atoms. The summed E-state index contributed by atoms with van der Waals surface area (Å²) >= 11 is 0. The van der Waals surface area contributed by atoms with Crippen LogP contribution in [0.5, 0.6) is 0 Å². The van der Waals surface area contributed by atoms with Gasteiger partial charge in [0.2, 0.25) is 0 Å². The molecular weight excluding hydrogens is 254 g/mol. The van der Waals surface area contributed by atoms with Gasteiger partial charge in [0.05, 0.1) is 5.69 Å². The van der Waals surface area contributed by atoms with Crippen LogP contribution in [0.25, 0.3) is 17.3 Å². The molecule has 0 saturated heterocycles. The molecule has 0 atom stereocenters. The first-order valence-corrected chi connectivity index (χ1v) is 7.85. The standard InChI is InChI=1S/C20H23N/c1-13(2)15-9-17-10-16(14(3)4)12-19(18(17)11-15)20-7-5-6-8-21-20/h5-8,10-14H,9H2,1-4H3. The maximum Gasteiger partial charge on any atom is 0.0708 e. The van der Waals surface area contributed by atoms with Crippen molar-refractivity contribution in [3.63, 3.8) is 0 Å². The van der Waals surface area contributed by atoms with E-state index >= 15 is 0 Å². The van der Waals surface area contributed by atoms with Crippen LogP contribution in [0, 0.1) is 5.92 Å². The molecule has 0 radical (unpaired) electrons. The van der Waals surface area contributed by atoms with Gasteiger partial charge in [-0.05, 0) is 53.1 Å². The lowest BCUT2D eigenvalue weighted by molar-refractivity contribution is 0.754. The average molecular weight is 277 g/mol. The van der Waals surface area contributed by atoms with E-state index in [2.05, 4.69) is 63.0 Å². The number of benzene rings is 1. The summed E-state index contributed by atoms with van der Waals surface area (Å²) in [6.45, 7) is 9.08. The molecule has 1 aromatic heterocycles. The zero-order valence-electron chi connectivity index (χ0n) is 13.4. The van der Waals surface area contributed by atoms with Crippen LogP contribution in [0.3, 0.4) is 0 Å². The van der Waals surface area contributed by atoms with E-state index in [9.17, 15) is 0 Å². The Balaban J connectivity index is 2.18. The summed E-state index contributed by atoms with van der Waals surface area (Å²) in [5.41, 5.74) is 8.15. The Kier molecular flexibility index (Phi) is 3.67. The molecule has 1 aromatic carbocycles. The largest absolute Gasteiger partial charge is 0.256 e. The van der Waals surface area contributed by atoms with Gasteiger partial charge in [-0.1, -0.05) is 51.5 Å². The van der Waals surface area contributed by atoms with Crippen molar-refractivity contribution in [3.05, 3.63) is 58.8 Å². The maximum atomic E-state index is 4.57. The average Bonchev–Trinajstić information content (AvgIpc) is 2.91. The molecule has 0 unspecified atom stereocenters. The number of aromatic nitrogens is 1. The summed E-state index contributed by atoms with van der Waals surface area (Å²) in [6.07, 6.45) is 5.35. The van der Waals surface area contributed by atoms with E-state index in [1.165, 1.54) is 27.8 Å². The van der Waals surface area contributed by atoms with E-state index in [-0.39, 0.29) is 0 Å². The van der Waals surface area contributed by atoms with E-state index in [0.717, 1.165) is 12.1 Å². The number of hydrogen-bond acceptors (Lipinski definition) is 1. The fraction of sp³-hybridized carbons (Fsp3) is 0.350. The monoisotopic (exact) mass is 277 g/mol. The Labute approximate surface area is 127 Å². The molecule has 0 bridgehead atoms. The summed E-state index contributed by atoms with van der Waals surface area (Å²) < 4.78 is 0. The second-order valence-electron chi connectivity index (χ2n) is 6.56. The first-order chi connectivity index (χ1) is 10.1. The zero-order valence-corrected chi connectivity index (χ0v) is 13.4. The molecule has 0 fully saturated rings. The molecule has 0 aliphatic heterocycles. The van der Waals surface area contributed by atoms with E-state index in [4.69, 9.17) is 0 Å². The van der Waals surface area contributed by atoms with Crippen LogP contribution in [0.15, 0.2) is 42.1 Å². The lowest BCUT2D eigenvalue weighted by Gasteiger charge is -2.13.